The molecular weight excluding hydrogens is 265 g/mol. The van der Waals surface area contributed by atoms with Gasteiger partial charge in [0.25, 0.3) is 0 Å². The van der Waals surface area contributed by atoms with Crippen molar-refractivity contribution in [1.29, 1.82) is 0 Å². The molecule has 0 spiro atoms. The highest BCUT2D eigenvalue weighted by molar-refractivity contribution is 5.94. The highest BCUT2D eigenvalue weighted by Crippen LogP contribution is 2.15. The summed E-state index contributed by atoms with van der Waals surface area (Å²) in [6.07, 6.45) is -3.20. The number of carbonyl (C=O) groups is 2. The zero-order chi connectivity index (χ0) is 14.5. The Labute approximate surface area is 109 Å². The van der Waals surface area contributed by atoms with E-state index < -0.39 is 18.8 Å². The van der Waals surface area contributed by atoms with Crippen LogP contribution >= 0.6 is 0 Å². The minimum absolute atomic E-state index is 0.00694. The minimum Gasteiger partial charge on any atom is -0.370 e. The first-order chi connectivity index (χ1) is 8.85. The predicted octanol–water partition coefficient (Wildman–Crippen LogP) is 0.692. The van der Waals surface area contributed by atoms with Gasteiger partial charge in [0.05, 0.1) is 13.2 Å². The third kappa shape index (κ3) is 5.06. The molecular formula is C11H17F3N2O3. The van der Waals surface area contributed by atoms with Gasteiger partial charge in [0.2, 0.25) is 11.8 Å². The van der Waals surface area contributed by atoms with Crippen LogP contribution in [0.2, 0.25) is 0 Å². The van der Waals surface area contributed by atoms with Gasteiger partial charge < -0.3 is 15.0 Å². The third-order valence-electron chi connectivity index (χ3n) is 2.72. The Hall–Kier alpha value is -1.31. The van der Waals surface area contributed by atoms with Crippen LogP contribution in [0.15, 0.2) is 0 Å². The summed E-state index contributed by atoms with van der Waals surface area (Å²) in [5.41, 5.74) is 0. The highest BCUT2D eigenvalue weighted by Gasteiger charge is 2.33. The molecule has 1 heterocycles. The van der Waals surface area contributed by atoms with E-state index in [1.54, 1.807) is 0 Å². The van der Waals surface area contributed by atoms with E-state index in [1.807, 2.05) is 6.92 Å². The molecule has 0 aromatic heterocycles. The molecule has 0 aromatic rings. The number of piperazine rings is 1. The quantitative estimate of drug-likeness (QED) is 0.729. The smallest absolute Gasteiger partial charge is 0.370 e. The monoisotopic (exact) mass is 282 g/mol. The number of hydrogen-bond acceptors (Lipinski definition) is 3. The molecule has 1 aliphatic rings. The van der Waals surface area contributed by atoms with E-state index in [-0.39, 0.29) is 31.5 Å². The summed E-state index contributed by atoms with van der Waals surface area (Å²) in [6, 6.07) is -0.610. The van der Waals surface area contributed by atoms with Crippen LogP contribution in [-0.4, -0.2) is 55.2 Å². The maximum Gasteiger partial charge on any atom is 0.411 e. The maximum absolute atomic E-state index is 11.9. The maximum atomic E-state index is 11.9. The van der Waals surface area contributed by atoms with E-state index in [9.17, 15) is 22.8 Å². The van der Waals surface area contributed by atoms with Gasteiger partial charge in [-0.05, 0) is 6.42 Å². The summed E-state index contributed by atoms with van der Waals surface area (Å²) in [4.78, 5) is 24.5. The molecule has 0 radical (unpaired) electrons. The van der Waals surface area contributed by atoms with Crippen molar-refractivity contribution in [2.24, 2.45) is 0 Å². The molecule has 19 heavy (non-hydrogen) atoms. The lowest BCUT2D eigenvalue weighted by Gasteiger charge is -2.34. The fraction of sp³-hybridized carbons (Fsp3) is 0.818. The third-order valence-corrected chi connectivity index (χ3v) is 2.72. The zero-order valence-corrected chi connectivity index (χ0v) is 10.6. The van der Waals surface area contributed by atoms with Crippen molar-refractivity contribution in [2.45, 2.75) is 32.0 Å². The summed E-state index contributed by atoms with van der Waals surface area (Å²) in [5.74, 6) is -0.564. The molecule has 1 unspecified atom stereocenters. The topological polar surface area (TPSA) is 58.6 Å². The molecule has 0 aromatic carbocycles. The number of alkyl halides is 3. The van der Waals surface area contributed by atoms with E-state index in [2.05, 4.69) is 10.1 Å². The van der Waals surface area contributed by atoms with Crippen molar-refractivity contribution in [3.8, 4) is 0 Å². The number of nitrogens with one attached hydrogen (secondary N) is 1. The Morgan fingerprint density at radius 1 is 1.42 bits per heavy atom. The Balaban J connectivity index is 2.47. The van der Waals surface area contributed by atoms with Crippen LogP contribution < -0.4 is 5.32 Å². The van der Waals surface area contributed by atoms with E-state index in [0.717, 1.165) is 0 Å². The Kier molecular flexibility index (Phi) is 5.59. The van der Waals surface area contributed by atoms with Gasteiger partial charge >= 0.3 is 6.18 Å². The van der Waals surface area contributed by atoms with Crippen LogP contribution in [-0.2, 0) is 14.3 Å². The van der Waals surface area contributed by atoms with Crippen LogP contribution in [0.3, 0.4) is 0 Å². The molecule has 1 saturated heterocycles. The first-order valence-electron chi connectivity index (χ1n) is 6.07. The average Bonchev–Trinajstić information content (AvgIpc) is 2.31. The summed E-state index contributed by atoms with van der Waals surface area (Å²) < 4.78 is 40.1. The number of halogens is 3. The molecule has 8 heteroatoms. The van der Waals surface area contributed by atoms with Crippen molar-refractivity contribution in [1.82, 2.24) is 10.2 Å². The van der Waals surface area contributed by atoms with Gasteiger partial charge in [-0.25, -0.2) is 0 Å². The molecule has 1 rings (SSSR count). The van der Waals surface area contributed by atoms with Gasteiger partial charge in [-0.3, -0.25) is 9.59 Å². The van der Waals surface area contributed by atoms with E-state index in [0.29, 0.717) is 12.8 Å². The van der Waals surface area contributed by atoms with E-state index in [1.165, 1.54) is 4.90 Å². The number of amides is 2. The first kappa shape index (κ1) is 15.7. The van der Waals surface area contributed by atoms with Crippen LogP contribution in [0.4, 0.5) is 13.2 Å². The van der Waals surface area contributed by atoms with Gasteiger partial charge in [0, 0.05) is 6.54 Å². The number of hydrogen-bond donors (Lipinski definition) is 1. The zero-order valence-electron chi connectivity index (χ0n) is 10.6. The van der Waals surface area contributed by atoms with Crippen molar-refractivity contribution >= 4 is 11.8 Å². The van der Waals surface area contributed by atoms with Gasteiger partial charge in [0.1, 0.15) is 12.6 Å². The first-order valence-corrected chi connectivity index (χ1v) is 6.07. The molecule has 110 valence electrons. The lowest BCUT2D eigenvalue weighted by atomic mass is 10.1. The number of nitrogens with zero attached hydrogens (tertiary/aromatic N) is 1. The van der Waals surface area contributed by atoms with Gasteiger partial charge in [-0.1, -0.05) is 13.3 Å². The fourth-order valence-electron chi connectivity index (χ4n) is 1.89. The molecule has 1 N–H and O–H groups in total. The fourth-order valence-corrected chi connectivity index (χ4v) is 1.89. The second-order valence-corrected chi connectivity index (χ2v) is 4.28. The van der Waals surface area contributed by atoms with Gasteiger partial charge in [0.15, 0.2) is 0 Å². The predicted molar refractivity (Wildman–Crippen MR) is 60.3 cm³/mol. The summed E-state index contributed by atoms with van der Waals surface area (Å²) in [6.45, 7) is 0.161. The number of rotatable bonds is 6. The second kappa shape index (κ2) is 6.74. The van der Waals surface area contributed by atoms with Crippen molar-refractivity contribution in [3.63, 3.8) is 0 Å². The average molecular weight is 282 g/mol. The van der Waals surface area contributed by atoms with Crippen LogP contribution in [0.1, 0.15) is 19.8 Å². The van der Waals surface area contributed by atoms with E-state index in [4.69, 9.17) is 0 Å². The largest absolute Gasteiger partial charge is 0.411 e. The van der Waals surface area contributed by atoms with Crippen molar-refractivity contribution in [3.05, 3.63) is 0 Å². The normalized spacial score (nSPS) is 20.6. The SMILES string of the molecule is CCCC1C(=O)NCC(=O)N1CCOCC(F)(F)F. The standard InChI is InChI=1S/C11H17F3N2O3/c1-2-3-8-10(18)15-6-9(17)16(8)4-5-19-7-11(12,13)14/h8H,2-7H2,1H3,(H,15,18). The Morgan fingerprint density at radius 2 is 2.11 bits per heavy atom. The van der Waals surface area contributed by atoms with E-state index >= 15 is 0 Å². The summed E-state index contributed by atoms with van der Waals surface area (Å²) in [7, 11) is 0. The Morgan fingerprint density at radius 3 is 2.68 bits per heavy atom. The lowest BCUT2D eigenvalue weighted by Crippen LogP contribution is -2.59. The molecule has 0 saturated carbocycles. The van der Waals surface area contributed by atoms with Gasteiger partial charge in [-0.2, -0.15) is 13.2 Å². The summed E-state index contributed by atoms with van der Waals surface area (Å²) >= 11 is 0. The van der Waals surface area contributed by atoms with Gasteiger partial charge in [-0.15, -0.1) is 0 Å². The summed E-state index contributed by atoms with van der Waals surface area (Å²) in [5, 5.41) is 2.46. The number of carbonyl (C=O) groups excluding carboxylic acids is 2. The van der Waals surface area contributed by atoms with Crippen LogP contribution in [0, 0.1) is 0 Å². The Bertz CT molecular complexity index is 334. The lowest BCUT2D eigenvalue weighted by molar-refractivity contribution is -0.175. The van der Waals surface area contributed by atoms with Crippen LogP contribution in [0.25, 0.3) is 0 Å². The highest BCUT2D eigenvalue weighted by atomic mass is 19.4. The molecule has 0 aliphatic carbocycles. The molecule has 5 nitrogen and oxygen atoms in total. The molecule has 1 fully saturated rings. The molecule has 0 bridgehead atoms. The number of ether oxygens (including phenoxy) is 1. The molecule has 2 amide bonds. The van der Waals surface area contributed by atoms with Crippen molar-refractivity contribution < 1.29 is 27.5 Å². The van der Waals surface area contributed by atoms with Crippen LogP contribution in [0.5, 0.6) is 0 Å². The van der Waals surface area contributed by atoms with Crippen molar-refractivity contribution in [2.75, 3.05) is 26.3 Å². The minimum atomic E-state index is -4.38. The molecule has 1 atom stereocenters. The second-order valence-electron chi connectivity index (χ2n) is 4.28. The molecule has 1 aliphatic heterocycles.